The number of aryl methyl sites for hydroxylation is 1. The van der Waals surface area contributed by atoms with E-state index in [0.29, 0.717) is 6.54 Å². The fourth-order valence-electron chi connectivity index (χ4n) is 2.19. The summed E-state index contributed by atoms with van der Waals surface area (Å²) < 4.78 is 3.01. The lowest BCUT2D eigenvalue weighted by Gasteiger charge is -2.11. The van der Waals surface area contributed by atoms with Gasteiger partial charge in [-0.05, 0) is 47.8 Å². The highest BCUT2D eigenvalue weighted by Crippen LogP contribution is 2.21. The number of hydrogen-bond acceptors (Lipinski definition) is 3. The Morgan fingerprint density at radius 2 is 2.00 bits per heavy atom. The van der Waals surface area contributed by atoms with Crippen LogP contribution in [0.15, 0.2) is 28.7 Å². The highest BCUT2D eigenvalue weighted by Gasteiger charge is 2.14. The molecule has 3 N–H and O–H groups in total. The number of hydrogen-bond donors (Lipinski definition) is 2. The molecule has 2 rings (SSSR count). The van der Waals surface area contributed by atoms with Crippen molar-refractivity contribution in [2.45, 2.75) is 33.2 Å². The zero-order chi connectivity index (χ0) is 15.6. The molecule has 21 heavy (non-hydrogen) atoms. The zero-order valence-corrected chi connectivity index (χ0v) is 13.9. The van der Waals surface area contributed by atoms with Crippen molar-refractivity contribution in [3.63, 3.8) is 0 Å². The van der Waals surface area contributed by atoms with Crippen molar-refractivity contribution < 1.29 is 4.79 Å². The Balaban J connectivity index is 2.16. The van der Waals surface area contributed by atoms with Gasteiger partial charge in [0, 0.05) is 0 Å². The number of nitrogens with two attached hydrogens (primary N) is 1. The van der Waals surface area contributed by atoms with E-state index >= 15 is 0 Å². The molecule has 1 amide bonds. The average molecular weight is 351 g/mol. The Morgan fingerprint density at radius 3 is 2.48 bits per heavy atom. The van der Waals surface area contributed by atoms with Crippen LogP contribution in [0.3, 0.4) is 0 Å². The molecule has 5 nitrogen and oxygen atoms in total. The van der Waals surface area contributed by atoms with Gasteiger partial charge in [-0.3, -0.25) is 14.9 Å². The molecule has 0 spiro atoms. The van der Waals surface area contributed by atoms with Gasteiger partial charge in [0.05, 0.1) is 28.3 Å². The number of carbonyl (C=O) groups excluding carboxylic acids is 1. The van der Waals surface area contributed by atoms with E-state index < -0.39 is 0 Å². The number of benzene rings is 1. The van der Waals surface area contributed by atoms with Gasteiger partial charge in [0.15, 0.2) is 0 Å². The quantitative estimate of drug-likeness (QED) is 0.505. The molecule has 112 valence electrons. The van der Waals surface area contributed by atoms with Crippen LogP contribution >= 0.6 is 15.9 Å². The lowest BCUT2D eigenvalue weighted by atomic mass is 9.99. The highest BCUT2D eigenvalue weighted by molar-refractivity contribution is 9.10. The van der Waals surface area contributed by atoms with Gasteiger partial charge in [-0.1, -0.05) is 24.3 Å². The Hall–Kier alpha value is -1.66. The maximum absolute atomic E-state index is 11.5. The van der Waals surface area contributed by atoms with Gasteiger partial charge in [-0.2, -0.15) is 5.10 Å². The molecule has 0 radical (unpaired) electrons. The summed E-state index contributed by atoms with van der Waals surface area (Å²) in [6.07, 6.45) is 0. The predicted octanol–water partition coefficient (Wildman–Crippen LogP) is 2.40. The third kappa shape index (κ3) is 3.33. The van der Waals surface area contributed by atoms with Crippen molar-refractivity contribution in [1.82, 2.24) is 15.2 Å². The van der Waals surface area contributed by atoms with Crippen LogP contribution in [0, 0.1) is 13.8 Å². The van der Waals surface area contributed by atoms with Gasteiger partial charge < -0.3 is 0 Å². The third-order valence-corrected chi connectivity index (χ3v) is 4.79. The number of amides is 1. The Morgan fingerprint density at radius 1 is 1.38 bits per heavy atom. The van der Waals surface area contributed by atoms with E-state index in [2.05, 4.69) is 26.5 Å². The van der Waals surface area contributed by atoms with Crippen molar-refractivity contribution in [3.8, 4) is 0 Å². The van der Waals surface area contributed by atoms with E-state index in [1.54, 1.807) is 0 Å². The standard InChI is InChI=1S/C15H19BrN4O/c1-9(15(21)18-17)13-6-4-12(5-7-13)8-20-11(3)14(16)10(2)19-20/h4-7,9H,8,17H2,1-3H3,(H,18,21). The van der Waals surface area contributed by atoms with E-state index in [4.69, 9.17) is 5.84 Å². The lowest BCUT2D eigenvalue weighted by Crippen LogP contribution is -2.33. The number of aromatic nitrogens is 2. The molecule has 0 aliphatic heterocycles. The number of hydrazine groups is 1. The smallest absolute Gasteiger partial charge is 0.241 e. The number of halogens is 1. The molecule has 0 saturated carbocycles. The Bertz CT molecular complexity index is 648. The first kappa shape index (κ1) is 15.7. The van der Waals surface area contributed by atoms with Crippen molar-refractivity contribution in [1.29, 1.82) is 0 Å². The molecule has 1 aromatic heterocycles. The monoisotopic (exact) mass is 350 g/mol. The first-order valence-corrected chi connectivity index (χ1v) is 7.52. The summed E-state index contributed by atoms with van der Waals surface area (Å²) in [6.45, 7) is 6.54. The molecule has 0 fully saturated rings. The average Bonchev–Trinajstić information content (AvgIpc) is 2.74. The van der Waals surface area contributed by atoms with Gasteiger partial charge in [0.1, 0.15) is 0 Å². The molecule has 0 bridgehead atoms. The molecular weight excluding hydrogens is 332 g/mol. The van der Waals surface area contributed by atoms with Crippen LogP contribution in [-0.4, -0.2) is 15.7 Å². The molecule has 2 aromatic rings. The minimum Gasteiger partial charge on any atom is -0.294 e. The summed E-state index contributed by atoms with van der Waals surface area (Å²) in [5.41, 5.74) is 6.34. The molecule has 6 heteroatoms. The number of nitrogens with one attached hydrogen (secondary N) is 1. The fourth-order valence-corrected chi connectivity index (χ4v) is 2.47. The van der Waals surface area contributed by atoms with E-state index in [9.17, 15) is 4.79 Å². The van der Waals surface area contributed by atoms with Crippen LogP contribution in [0.2, 0.25) is 0 Å². The molecule has 1 atom stereocenters. The van der Waals surface area contributed by atoms with Gasteiger partial charge in [0.2, 0.25) is 5.91 Å². The summed E-state index contributed by atoms with van der Waals surface area (Å²) in [6, 6.07) is 7.94. The number of rotatable bonds is 4. The third-order valence-electron chi connectivity index (χ3n) is 3.64. The molecule has 0 aliphatic carbocycles. The highest BCUT2D eigenvalue weighted by atomic mass is 79.9. The number of carbonyl (C=O) groups is 1. The minimum absolute atomic E-state index is 0.190. The predicted molar refractivity (Wildman–Crippen MR) is 85.7 cm³/mol. The van der Waals surface area contributed by atoms with Crippen LogP contribution in [0.5, 0.6) is 0 Å². The van der Waals surface area contributed by atoms with Crippen molar-refractivity contribution >= 4 is 21.8 Å². The fraction of sp³-hybridized carbons (Fsp3) is 0.333. The van der Waals surface area contributed by atoms with Crippen LogP contribution in [0.4, 0.5) is 0 Å². The van der Waals surface area contributed by atoms with E-state index in [1.165, 1.54) is 0 Å². The van der Waals surface area contributed by atoms with E-state index in [0.717, 1.165) is 27.0 Å². The SMILES string of the molecule is Cc1nn(Cc2ccc(C(C)C(=O)NN)cc2)c(C)c1Br. The Kier molecular flexibility index (Phi) is 4.80. The second-order valence-electron chi connectivity index (χ2n) is 5.11. The van der Waals surface area contributed by atoms with Crippen LogP contribution < -0.4 is 11.3 Å². The first-order chi connectivity index (χ1) is 9.93. The van der Waals surface area contributed by atoms with E-state index in [1.807, 2.05) is 49.7 Å². The molecule has 0 aliphatic rings. The zero-order valence-electron chi connectivity index (χ0n) is 12.4. The summed E-state index contributed by atoms with van der Waals surface area (Å²) in [4.78, 5) is 11.5. The van der Waals surface area contributed by atoms with E-state index in [-0.39, 0.29) is 11.8 Å². The topological polar surface area (TPSA) is 72.9 Å². The molecule has 0 saturated heterocycles. The van der Waals surface area contributed by atoms with Gasteiger partial charge in [-0.25, -0.2) is 5.84 Å². The maximum Gasteiger partial charge on any atom is 0.241 e. The first-order valence-electron chi connectivity index (χ1n) is 6.72. The number of nitrogens with zero attached hydrogens (tertiary/aromatic N) is 2. The maximum atomic E-state index is 11.5. The molecule has 1 aromatic carbocycles. The van der Waals surface area contributed by atoms with Crippen LogP contribution in [0.1, 0.15) is 35.4 Å². The second kappa shape index (κ2) is 6.41. The summed E-state index contributed by atoms with van der Waals surface area (Å²) in [5.74, 6) is 4.71. The lowest BCUT2D eigenvalue weighted by molar-refractivity contribution is -0.122. The summed E-state index contributed by atoms with van der Waals surface area (Å²) in [5, 5.41) is 4.49. The van der Waals surface area contributed by atoms with Crippen LogP contribution in [-0.2, 0) is 11.3 Å². The van der Waals surface area contributed by atoms with Gasteiger partial charge in [0.25, 0.3) is 0 Å². The van der Waals surface area contributed by atoms with Gasteiger partial charge >= 0.3 is 0 Å². The van der Waals surface area contributed by atoms with Crippen molar-refractivity contribution in [2.24, 2.45) is 5.84 Å². The Labute approximate surface area is 132 Å². The molecular formula is C15H19BrN4O. The molecule has 1 heterocycles. The molecule has 1 unspecified atom stereocenters. The van der Waals surface area contributed by atoms with Crippen molar-refractivity contribution in [2.75, 3.05) is 0 Å². The van der Waals surface area contributed by atoms with Crippen LogP contribution in [0.25, 0.3) is 0 Å². The van der Waals surface area contributed by atoms with Crippen molar-refractivity contribution in [3.05, 3.63) is 51.3 Å². The minimum atomic E-state index is -0.258. The second-order valence-corrected chi connectivity index (χ2v) is 5.91. The van der Waals surface area contributed by atoms with Gasteiger partial charge in [-0.15, -0.1) is 0 Å². The normalized spacial score (nSPS) is 12.2. The summed E-state index contributed by atoms with van der Waals surface area (Å²) in [7, 11) is 0. The summed E-state index contributed by atoms with van der Waals surface area (Å²) >= 11 is 3.53. The largest absolute Gasteiger partial charge is 0.294 e.